The first-order valence-electron chi connectivity index (χ1n) is 5.72. The van der Waals surface area contributed by atoms with Crippen molar-refractivity contribution in [3.63, 3.8) is 0 Å². The molecule has 0 saturated heterocycles. The maximum atomic E-state index is 12.3. The fourth-order valence-corrected chi connectivity index (χ4v) is 2.27. The van der Waals surface area contributed by atoms with Gasteiger partial charge in [0.25, 0.3) is 5.91 Å². The van der Waals surface area contributed by atoms with Crippen LogP contribution in [-0.2, 0) is 0 Å². The van der Waals surface area contributed by atoms with Crippen molar-refractivity contribution in [3.05, 3.63) is 33.8 Å². The normalized spacial score (nSPS) is 10.4. The van der Waals surface area contributed by atoms with Crippen molar-refractivity contribution in [2.45, 2.75) is 20.3 Å². The first kappa shape index (κ1) is 14.5. The van der Waals surface area contributed by atoms with Crippen LogP contribution in [0, 0.1) is 6.92 Å². The van der Waals surface area contributed by atoms with E-state index < -0.39 is 0 Å². The maximum absolute atomic E-state index is 12.3. The molecule has 0 spiro atoms. The van der Waals surface area contributed by atoms with Crippen molar-refractivity contribution >= 4 is 33.4 Å². The lowest BCUT2D eigenvalue weighted by Gasteiger charge is -2.22. The van der Waals surface area contributed by atoms with Crippen molar-refractivity contribution in [1.82, 2.24) is 4.90 Å². The highest BCUT2D eigenvalue weighted by atomic mass is 79.9. The number of benzene rings is 1. The quantitative estimate of drug-likeness (QED) is 0.755. The van der Waals surface area contributed by atoms with Gasteiger partial charge in [0.1, 0.15) is 0 Å². The van der Waals surface area contributed by atoms with Crippen LogP contribution in [-0.4, -0.2) is 29.8 Å². The van der Waals surface area contributed by atoms with Gasteiger partial charge in [0.2, 0.25) is 0 Å². The van der Waals surface area contributed by atoms with E-state index in [4.69, 9.17) is 11.6 Å². The van der Waals surface area contributed by atoms with Gasteiger partial charge in [0.15, 0.2) is 0 Å². The van der Waals surface area contributed by atoms with Gasteiger partial charge in [-0.25, -0.2) is 0 Å². The fraction of sp³-hybridized carbons (Fsp3) is 0.462. The molecule has 0 fully saturated rings. The predicted octanol–water partition coefficient (Wildman–Crippen LogP) is 3.85. The number of alkyl halides is 1. The third-order valence-corrected chi connectivity index (χ3v) is 3.66. The number of carbonyl (C=O) groups is 1. The minimum Gasteiger partial charge on any atom is -0.337 e. The van der Waals surface area contributed by atoms with Crippen LogP contribution in [0.25, 0.3) is 0 Å². The summed E-state index contributed by atoms with van der Waals surface area (Å²) < 4.78 is 0.964. The smallest absolute Gasteiger partial charge is 0.254 e. The molecule has 0 aliphatic carbocycles. The highest BCUT2D eigenvalue weighted by Crippen LogP contribution is 2.20. The van der Waals surface area contributed by atoms with Crippen LogP contribution in [0.3, 0.4) is 0 Å². The molecular formula is C13H17BrClNO. The number of carbonyl (C=O) groups excluding carboxylic acids is 1. The Labute approximate surface area is 116 Å². The fourth-order valence-electron chi connectivity index (χ4n) is 1.70. The van der Waals surface area contributed by atoms with Crippen molar-refractivity contribution in [2.24, 2.45) is 0 Å². The molecule has 17 heavy (non-hydrogen) atoms. The van der Waals surface area contributed by atoms with Crippen molar-refractivity contribution < 1.29 is 4.79 Å². The summed E-state index contributed by atoms with van der Waals surface area (Å²) in [6.07, 6.45) is 0.940. The van der Waals surface area contributed by atoms with Crippen LogP contribution in [0.4, 0.5) is 0 Å². The van der Waals surface area contributed by atoms with Crippen molar-refractivity contribution in [2.75, 3.05) is 19.0 Å². The largest absolute Gasteiger partial charge is 0.337 e. The van der Waals surface area contributed by atoms with Crippen molar-refractivity contribution in [1.29, 1.82) is 0 Å². The standard InChI is InChI=1S/C13H17BrClNO/c1-3-8-16(9-7-15)13(17)11-5-4-6-12(14)10(11)2/h4-6H,3,7-9H2,1-2H3. The number of halogens is 2. The molecule has 0 bridgehead atoms. The van der Waals surface area contributed by atoms with Gasteiger partial charge < -0.3 is 4.90 Å². The number of rotatable bonds is 5. The number of nitrogens with zero attached hydrogens (tertiary/aromatic N) is 1. The third-order valence-electron chi connectivity index (χ3n) is 2.63. The maximum Gasteiger partial charge on any atom is 0.254 e. The van der Waals surface area contributed by atoms with E-state index in [-0.39, 0.29) is 5.91 Å². The third kappa shape index (κ3) is 3.71. The van der Waals surface area contributed by atoms with E-state index in [0.29, 0.717) is 12.4 Å². The molecule has 0 heterocycles. The molecule has 94 valence electrons. The summed E-state index contributed by atoms with van der Waals surface area (Å²) in [6, 6.07) is 5.69. The summed E-state index contributed by atoms with van der Waals surface area (Å²) in [5.74, 6) is 0.532. The van der Waals surface area contributed by atoms with E-state index in [9.17, 15) is 4.79 Å². The van der Waals surface area contributed by atoms with Gasteiger partial charge >= 0.3 is 0 Å². The highest BCUT2D eigenvalue weighted by Gasteiger charge is 2.17. The second-order valence-corrected chi connectivity index (χ2v) is 5.13. The second kappa shape index (κ2) is 7.02. The summed E-state index contributed by atoms with van der Waals surface area (Å²) in [7, 11) is 0. The van der Waals surface area contributed by atoms with Crippen LogP contribution in [0.2, 0.25) is 0 Å². The number of hydrogen-bond donors (Lipinski definition) is 0. The van der Waals surface area contributed by atoms with E-state index in [1.165, 1.54) is 0 Å². The summed E-state index contributed by atoms with van der Waals surface area (Å²) in [5, 5.41) is 0. The van der Waals surface area contributed by atoms with Crippen LogP contribution in [0.15, 0.2) is 22.7 Å². The van der Waals surface area contributed by atoms with Crippen LogP contribution in [0.1, 0.15) is 29.3 Å². The average Bonchev–Trinajstić information content (AvgIpc) is 2.31. The number of amides is 1. The zero-order chi connectivity index (χ0) is 12.8. The zero-order valence-corrected chi connectivity index (χ0v) is 12.5. The topological polar surface area (TPSA) is 20.3 Å². The van der Waals surface area contributed by atoms with Gasteiger partial charge in [0, 0.05) is 29.0 Å². The Morgan fingerprint density at radius 1 is 1.41 bits per heavy atom. The molecule has 1 rings (SSSR count). The van der Waals surface area contributed by atoms with Gasteiger partial charge in [-0.15, -0.1) is 11.6 Å². The summed E-state index contributed by atoms with van der Waals surface area (Å²) in [4.78, 5) is 14.2. The Hall–Kier alpha value is -0.540. The molecule has 0 aliphatic heterocycles. The Bertz CT molecular complexity index is 389. The molecule has 2 nitrogen and oxygen atoms in total. The molecule has 0 aliphatic rings. The van der Waals surface area contributed by atoms with Gasteiger partial charge in [-0.1, -0.05) is 28.9 Å². The molecule has 0 aromatic heterocycles. The zero-order valence-electron chi connectivity index (χ0n) is 10.2. The summed E-state index contributed by atoms with van der Waals surface area (Å²) >= 11 is 9.18. The molecule has 0 unspecified atom stereocenters. The first-order chi connectivity index (χ1) is 8.11. The Balaban J connectivity index is 2.96. The van der Waals surface area contributed by atoms with E-state index >= 15 is 0 Å². The number of hydrogen-bond acceptors (Lipinski definition) is 1. The minimum atomic E-state index is 0.0614. The Kier molecular flexibility index (Phi) is 6.00. The average molecular weight is 319 g/mol. The van der Waals surface area contributed by atoms with E-state index in [1.807, 2.05) is 30.0 Å². The lowest BCUT2D eigenvalue weighted by molar-refractivity contribution is 0.0764. The summed E-state index contributed by atoms with van der Waals surface area (Å²) in [5.41, 5.74) is 1.73. The monoisotopic (exact) mass is 317 g/mol. The summed E-state index contributed by atoms with van der Waals surface area (Å²) in [6.45, 7) is 5.35. The van der Waals surface area contributed by atoms with Gasteiger partial charge in [-0.3, -0.25) is 4.79 Å². The van der Waals surface area contributed by atoms with E-state index in [1.54, 1.807) is 0 Å². The molecule has 1 aromatic carbocycles. The first-order valence-corrected chi connectivity index (χ1v) is 7.05. The van der Waals surface area contributed by atoms with Crippen LogP contribution in [0.5, 0.6) is 0 Å². The van der Waals surface area contributed by atoms with Gasteiger partial charge in [-0.2, -0.15) is 0 Å². The SMILES string of the molecule is CCCN(CCCl)C(=O)c1cccc(Br)c1C. The lowest BCUT2D eigenvalue weighted by Crippen LogP contribution is -2.33. The highest BCUT2D eigenvalue weighted by molar-refractivity contribution is 9.10. The molecule has 1 amide bonds. The lowest BCUT2D eigenvalue weighted by atomic mass is 10.1. The van der Waals surface area contributed by atoms with Crippen molar-refractivity contribution in [3.8, 4) is 0 Å². The molecule has 4 heteroatoms. The Morgan fingerprint density at radius 3 is 2.71 bits per heavy atom. The van der Waals surface area contributed by atoms with Gasteiger partial charge in [-0.05, 0) is 31.0 Å². The van der Waals surface area contributed by atoms with E-state index in [0.717, 1.165) is 28.6 Å². The van der Waals surface area contributed by atoms with E-state index in [2.05, 4.69) is 22.9 Å². The molecular weight excluding hydrogens is 302 g/mol. The second-order valence-electron chi connectivity index (χ2n) is 3.89. The molecule has 0 saturated carbocycles. The van der Waals surface area contributed by atoms with Crippen LogP contribution >= 0.6 is 27.5 Å². The molecule has 0 radical (unpaired) electrons. The molecule has 0 atom stereocenters. The predicted molar refractivity (Wildman–Crippen MR) is 75.8 cm³/mol. The minimum absolute atomic E-state index is 0.0614. The molecule has 0 N–H and O–H groups in total. The Morgan fingerprint density at radius 2 is 2.12 bits per heavy atom. The molecule has 1 aromatic rings. The van der Waals surface area contributed by atoms with Gasteiger partial charge in [0.05, 0.1) is 0 Å². The van der Waals surface area contributed by atoms with Crippen LogP contribution < -0.4 is 0 Å².